The van der Waals surface area contributed by atoms with E-state index in [1.54, 1.807) is 0 Å². The lowest BCUT2D eigenvalue weighted by molar-refractivity contribution is -0.121. The van der Waals surface area contributed by atoms with Crippen molar-refractivity contribution in [2.45, 2.75) is 33.1 Å². The van der Waals surface area contributed by atoms with Crippen molar-refractivity contribution >= 4 is 5.78 Å². The van der Waals surface area contributed by atoms with Crippen molar-refractivity contribution in [3.63, 3.8) is 0 Å². The molecule has 1 aliphatic carbocycles. The van der Waals surface area contributed by atoms with E-state index in [-0.39, 0.29) is 5.92 Å². The first-order valence-electron chi connectivity index (χ1n) is 4.80. The fourth-order valence-corrected chi connectivity index (χ4v) is 2.22. The average molecular weight is 166 g/mol. The molecule has 0 aromatic carbocycles. The van der Waals surface area contributed by atoms with Gasteiger partial charge in [0.15, 0.2) is 0 Å². The Balaban J connectivity index is 2.63. The zero-order chi connectivity index (χ0) is 9.14. The van der Waals surface area contributed by atoms with Crippen molar-refractivity contribution in [3.8, 4) is 0 Å². The number of hydrogen-bond acceptors (Lipinski definition) is 1. The Morgan fingerprint density at radius 3 is 2.83 bits per heavy atom. The molecule has 2 atom stereocenters. The molecule has 68 valence electrons. The minimum Gasteiger partial charge on any atom is -0.299 e. The van der Waals surface area contributed by atoms with E-state index in [0.29, 0.717) is 17.6 Å². The van der Waals surface area contributed by atoms with Crippen molar-refractivity contribution in [2.24, 2.45) is 17.8 Å². The summed E-state index contributed by atoms with van der Waals surface area (Å²) in [5.41, 5.74) is 0. The SMILES string of the molecule is C=CC[C@H]1C(=O)CC[C@H]1C(C)C. The van der Waals surface area contributed by atoms with Crippen LogP contribution in [0.15, 0.2) is 12.7 Å². The van der Waals surface area contributed by atoms with Gasteiger partial charge < -0.3 is 0 Å². The number of hydrogen-bond donors (Lipinski definition) is 0. The third-order valence-electron chi connectivity index (χ3n) is 2.93. The maximum Gasteiger partial charge on any atom is 0.136 e. The molecule has 0 radical (unpaired) electrons. The molecule has 1 rings (SSSR count). The molecule has 12 heavy (non-hydrogen) atoms. The standard InChI is InChI=1S/C11H18O/c1-4-5-10-9(8(2)3)6-7-11(10)12/h4,8-10H,1,5-7H2,2-3H3/t9-,10+/m0/s1. The molecule has 0 aromatic heterocycles. The van der Waals surface area contributed by atoms with Gasteiger partial charge in [0.25, 0.3) is 0 Å². The molecule has 1 heteroatoms. The lowest BCUT2D eigenvalue weighted by Crippen LogP contribution is -2.18. The summed E-state index contributed by atoms with van der Waals surface area (Å²) in [5, 5.41) is 0. The fourth-order valence-electron chi connectivity index (χ4n) is 2.22. The lowest BCUT2D eigenvalue weighted by Gasteiger charge is -2.20. The van der Waals surface area contributed by atoms with Crippen LogP contribution in [0.1, 0.15) is 33.1 Å². The molecule has 0 saturated heterocycles. The second-order valence-corrected chi connectivity index (χ2v) is 4.04. The van der Waals surface area contributed by atoms with Gasteiger partial charge in [0.1, 0.15) is 5.78 Å². The number of Topliss-reactive ketones (excluding diaryl/α,β-unsaturated/α-hetero) is 1. The highest BCUT2D eigenvalue weighted by Gasteiger charge is 2.34. The summed E-state index contributed by atoms with van der Waals surface area (Å²) in [5.74, 6) is 1.98. The Morgan fingerprint density at radius 1 is 1.67 bits per heavy atom. The van der Waals surface area contributed by atoms with Crippen LogP contribution < -0.4 is 0 Å². The zero-order valence-electron chi connectivity index (χ0n) is 8.05. The summed E-state index contributed by atoms with van der Waals surface area (Å²) in [6.07, 6.45) is 4.64. The van der Waals surface area contributed by atoms with Crippen LogP contribution in [0.5, 0.6) is 0 Å². The first-order chi connectivity index (χ1) is 5.66. The number of carbonyl (C=O) groups excluding carboxylic acids is 1. The van der Waals surface area contributed by atoms with E-state index >= 15 is 0 Å². The van der Waals surface area contributed by atoms with Gasteiger partial charge in [0.05, 0.1) is 0 Å². The van der Waals surface area contributed by atoms with E-state index in [0.717, 1.165) is 19.3 Å². The van der Waals surface area contributed by atoms with Crippen LogP contribution in [0.3, 0.4) is 0 Å². The molecular formula is C11H18O. The normalized spacial score (nSPS) is 29.8. The molecule has 0 unspecified atom stereocenters. The van der Waals surface area contributed by atoms with Gasteiger partial charge in [-0.2, -0.15) is 0 Å². The van der Waals surface area contributed by atoms with Crippen LogP contribution in [-0.2, 0) is 4.79 Å². The molecule has 1 nitrogen and oxygen atoms in total. The van der Waals surface area contributed by atoms with Crippen LogP contribution >= 0.6 is 0 Å². The van der Waals surface area contributed by atoms with Crippen molar-refractivity contribution in [2.75, 3.05) is 0 Å². The van der Waals surface area contributed by atoms with Crippen molar-refractivity contribution in [3.05, 3.63) is 12.7 Å². The zero-order valence-corrected chi connectivity index (χ0v) is 8.05. The van der Waals surface area contributed by atoms with Gasteiger partial charge >= 0.3 is 0 Å². The molecule has 0 heterocycles. The Labute approximate surface area is 74.9 Å². The second kappa shape index (κ2) is 3.88. The number of rotatable bonds is 3. The Hall–Kier alpha value is -0.590. The van der Waals surface area contributed by atoms with Gasteiger partial charge in [-0.05, 0) is 24.7 Å². The maximum atomic E-state index is 11.4. The Morgan fingerprint density at radius 2 is 2.33 bits per heavy atom. The van der Waals surface area contributed by atoms with Gasteiger partial charge in [-0.3, -0.25) is 4.79 Å². The number of allylic oxidation sites excluding steroid dienone is 1. The summed E-state index contributed by atoms with van der Waals surface area (Å²) in [4.78, 5) is 11.4. The Kier molecular flexibility index (Phi) is 3.07. The van der Waals surface area contributed by atoms with Gasteiger partial charge in [0, 0.05) is 12.3 Å². The molecule has 0 spiro atoms. The van der Waals surface area contributed by atoms with E-state index in [9.17, 15) is 4.79 Å². The maximum absolute atomic E-state index is 11.4. The molecule has 0 aromatic rings. The van der Waals surface area contributed by atoms with Crippen LogP contribution in [-0.4, -0.2) is 5.78 Å². The molecule has 0 bridgehead atoms. The first kappa shape index (κ1) is 9.50. The largest absolute Gasteiger partial charge is 0.299 e. The van der Waals surface area contributed by atoms with E-state index in [1.165, 1.54) is 0 Å². The third kappa shape index (κ3) is 1.77. The molecule has 0 N–H and O–H groups in total. The van der Waals surface area contributed by atoms with Crippen LogP contribution in [0.25, 0.3) is 0 Å². The van der Waals surface area contributed by atoms with E-state index < -0.39 is 0 Å². The van der Waals surface area contributed by atoms with Gasteiger partial charge in [-0.25, -0.2) is 0 Å². The number of ketones is 1. The highest BCUT2D eigenvalue weighted by Crippen LogP contribution is 2.36. The second-order valence-electron chi connectivity index (χ2n) is 4.04. The minimum atomic E-state index is 0.280. The number of carbonyl (C=O) groups is 1. The van der Waals surface area contributed by atoms with Gasteiger partial charge in [0.2, 0.25) is 0 Å². The molecule has 1 aliphatic rings. The molecule has 0 amide bonds. The highest BCUT2D eigenvalue weighted by molar-refractivity contribution is 5.83. The van der Waals surface area contributed by atoms with Crippen LogP contribution in [0.2, 0.25) is 0 Å². The third-order valence-corrected chi connectivity index (χ3v) is 2.93. The smallest absolute Gasteiger partial charge is 0.136 e. The van der Waals surface area contributed by atoms with Crippen LogP contribution in [0.4, 0.5) is 0 Å². The van der Waals surface area contributed by atoms with Crippen LogP contribution in [0, 0.1) is 17.8 Å². The van der Waals surface area contributed by atoms with Gasteiger partial charge in [-0.1, -0.05) is 19.9 Å². The molecular weight excluding hydrogens is 148 g/mol. The summed E-state index contributed by atoms with van der Waals surface area (Å²) < 4.78 is 0. The minimum absolute atomic E-state index is 0.280. The summed E-state index contributed by atoms with van der Waals surface area (Å²) >= 11 is 0. The van der Waals surface area contributed by atoms with E-state index in [2.05, 4.69) is 20.4 Å². The summed E-state index contributed by atoms with van der Waals surface area (Å²) in [6, 6.07) is 0. The quantitative estimate of drug-likeness (QED) is 0.589. The monoisotopic (exact) mass is 166 g/mol. The lowest BCUT2D eigenvalue weighted by atomic mass is 9.84. The fraction of sp³-hybridized carbons (Fsp3) is 0.727. The van der Waals surface area contributed by atoms with Crippen molar-refractivity contribution in [1.29, 1.82) is 0 Å². The predicted molar refractivity (Wildman–Crippen MR) is 50.9 cm³/mol. The van der Waals surface area contributed by atoms with Crippen molar-refractivity contribution in [1.82, 2.24) is 0 Å². The molecule has 1 fully saturated rings. The summed E-state index contributed by atoms with van der Waals surface area (Å²) in [7, 11) is 0. The first-order valence-corrected chi connectivity index (χ1v) is 4.80. The Bertz CT molecular complexity index is 181. The topological polar surface area (TPSA) is 17.1 Å². The molecule has 1 saturated carbocycles. The van der Waals surface area contributed by atoms with E-state index in [4.69, 9.17) is 0 Å². The highest BCUT2D eigenvalue weighted by atomic mass is 16.1. The van der Waals surface area contributed by atoms with Gasteiger partial charge in [-0.15, -0.1) is 6.58 Å². The van der Waals surface area contributed by atoms with E-state index in [1.807, 2.05) is 6.08 Å². The predicted octanol–water partition coefficient (Wildman–Crippen LogP) is 2.81. The van der Waals surface area contributed by atoms with Crippen molar-refractivity contribution < 1.29 is 4.79 Å². The summed E-state index contributed by atoms with van der Waals surface area (Å²) in [6.45, 7) is 8.12. The molecule has 0 aliphatic heterocycles. The average Bonchev–Trinajstić information content (AvgIpc) is 2.34.